The van der Waals surface area contributed by atoms with E-state index < -0.39 is 6.04 Å². The SMILES string of the molecule is NC(CO)C(=O)c1ccc2c(c1)CCC(=O)N2. The molecule has 90 valence electrons. The number of aliphatic hydroxyl groups is 1. The number of nitrogens with one attached hydrogen (secondary N) is 1. The Bertz CT molecular complexity index is 471. The van der Waals surface area contributed by atoms with E-state index in [1.54, 1.807) is 18.2 Å². The van der Waals surface area contributed by atoms with Gasteiger partial charge in [-0.3, -0.25) is 9.59 Å². The van der Waals surface area contributed by atoms with E-state index in [9.17, 15) is 9.59 Å². The Balaban J connectivity index is 2.28. The van der Waals surface area contributed by atoms with E-state index in [4.69, 9.17) is 10.8 Å². The molecule has 5 heteroatoms. The van der Waals surface area contributed by atoms with Gasteiger partial charge in [0, 0.05) is 17.7 Å². The predicted octanol–water partition coefficient (Wildman–Crippen LogP) is 0.0736. The molecule has 1 aromatic carbocycles. The van der Waals surface area contributed by atoms with Crippen molar-refractivity contribution >= 4 is 17.4 Å². The number of rotatable bonds is 3. The van der Waals surface area contributed by atoms with Crippen molar-refractivity contribution in [3.05, 3.63) is 29.3 Å². The number of ketones is 1. The molecule has 0 aliphatic carbocycles. The zero-order valence-corrected chi connectivity index (χ0v) is 9.27. The maximum absolute atomic E-state index is 11.8. The second-order valence-electron chi connectivity index (χ2n) is 4.07. The number of anilines is 1. The molecule has 0 bridgehead atoms. The minimum Gasteiger partial charge on any atom is -0.394 e. The molecule has 0 aromatic heterocycles. The highest BCUT2D eigenvalue weighted by Crippen LogP contribution is 2.23. The largest absolute Gasteiger partial charge is 0.394 e. The van der Waals surface area contributed by atoms with Gasteiger partial charge in [-0.15, -0.1) is 0 Å². The van der Waals surface area contributed by atoms with Crippen LogP contribution in [-0.4, -0.2) is 29.4 Å². The van der Waals surface area contributed by atoms with E-state index >= 15 is 0 Å². The van der Waals surface area contributed by atoms with Crippen LogP contribution in [0.3, 0.4) is 0 Å². The smallest absolute Gasteiger partial charge is 0.224 e. The van der Waals surface area contributed by atoms with Crippen LogP contribution in [-0.2, 0) is 11.2 Å². The fourth-order valence-corrected chi connectivity index (χ4v) is 1.83. The summed E-state index contributed by atoms with van der Waals surface area (Å²) in [6.45, 7) is -0.368. The minimum absolute atomic E-state index is 0.0105. The van der Waals surface area contributed by atoms with Gasteiger partial charge in [0.1, 0.15) is 0 Å². The van der Waals surface area contributed by atoms with Crippen molar-refractivity contribution < 1.29 is 14.7 Å². The van der Waals surface area contributed by atoms with Gasteiger partial charge >= 0.3 is 0 Å². The van der Waals surface area contributed by atoms with Crippen molar-refractivity contribution in [1.29, 1.82) is 0 Å². The lowest BCUT2D eigenvalue weighted by atomic mass is 9.97. The van der Waals surface area contributed by atoms with Crippen LogP contribution in [0.4, 0.5) is 5.69 Å². The van der Waals surface area contributed by atoms with E-state index in [0.717, 1.165) is 11.3 Å². The molecule has 0 fully saturated rings. The Morgan fingerprint density at radius 1 is 1.47 bits per heavy atom. The molecule has 0 spiro atoms. The summed E-state index contributed by atoms with van der Waals surface area (Å²) in [5, 5.41) is 11.6. The van der Waals surface area contributed by atoms with Crippen molar-refractivity contribution in [1.82, 2.24) is 0 Å². The number of benzene rings is 1. The lowest BCUT2D eigenvalue weighted by Crippen LogP contribution is -2.34. The van der Waals surface area contributed by atoms with Crippen molar-refractivity contribution in [3.63, 3.8) is 0 Å². The number of hydrogen-bond donors (Lipinski definition) is 3. The first-order valence-corrected chi connectivity index (χ1v) is 5.45. The molecule has 2 rings (SSSR count). The normalized spacial score (nSPS) is 16.0. The molecular weight excluding hydrogens is 220 g/mol. The van der Waals surface area contributed by atoms with E-state index in [1.165, 1.54) is 0 Å². The molecule has 1 aliphatic rings. The lowest BCUT2D eigenvalue weighted by Gasteiger charge is -2.17. The molecule has 4 N–H and O–H groups in total. The van der Waals surface area contributed by atoms with Gasteiger partial charge < -0.3 is 16.2 Å². The highest BCUT2D eigenvalue weighted by atomic mass is 16.3. The van der Waals surface area contributed by atoms with Crippen LogP contribution < -0.4 is 11.1 Å². The summed E-state index contributed by atoms with van der Waals surface area (Å²) in [6.07, 6.45) is 1.05. The van der Waals surface area contributed by atoms with Gasteiger partial charge in [0.25, 0.3) is 0 Å². The number of amides is 1. The third-order valence-corrected chi connectivity index (χ3v) is 2.82. The van der Waals surface area contributed by atoms with Gasteiger partial charge in [0.2, 0.25) is 5.91 Å². The maximum Gasteiger partial charge on any atom is 0.224 e. The zero-order valence-electron chi connectivity index (χ0n) is 9.27. The maximum atomic E-state index is 11.8. The fraction of sp³-hybridized carbons (Fsp3) is 0.333. The quantitative estimate of drug-likeness (QED) is 0.645. The average molecular weight is 234 g/mol. The summed E-state index contributed by atoms with van der Waals surface area (Å²) in [6, 6.07) is 4.16. The summed E-state index contributed by atoms with van der Waals surface area (Å²) < 4.78 is 0. The van der Waals surface area contributed by atoms with Crippen LogP contribution in [0.1, 0.15) is 22.3 Å². The molecule has 1 aliphatic heterocycles. The average Bonchev–Trinajstić information content (AvgIpc) is 2.36. The standard InChI is InChI=1S/C12H14N2O3/c13-9(6-15)12(17)8-1-3-10-7(5-8)2-4-11(16)14-10/h1,3,5,9,15H,2,4,6,13H2,(H,14,16). The first-order valence-electron chi connectivity index (χ1n) is 5.45. The topological polar surface area (TPSA) is 92.4 Å². The van der Waals surface area contributed by atoms with Gasteiger partial charge in [-0.25, -0.2) is 0 Å². The van der Waals surface area contributed by atoms with Crippen molar-refractivity contribution in [2.24, 2.45) is 5.73 Å². The van der Waals surface area contributed by atoms with Crippen molar-refractivity contribution in [2.75, 3.05) is 11.9 Å². The minimum atomic E-state index is -0.883. The summed E-state index contributed by atoms with van der Waals surface area (Å²) in [7, 11) is 0. The van der Waals surface area contributed by atoms with E-state index in [2.05, 4.69) is 5.32 Å². The fourth-order valence-electron chi connectivity index (χ4n) is 1.83. The molecule has 1 amide bonds. The third-order valence-electron chi connectivity index (χ3n) is 2.82. The number of aryl methyl sites for hydroxylation is 1. The Kier molecular flexibility index (Phi) is 3.21. The molecule has 17 heavy (non-hydrogen) atoms. The summed E-state index contributed by atoms with van der Waals surface area (Å²) in [5.41, 5.74) is 7.63. The van der Waals surface area contributed by atoms with Crippen LogP contribution >= 0.6 is 0 Å². The van der Waals surface area contributed by atoms with Crippen molar-refractivity contribution in [3.8, 4) is 0 Å². The summed E-state index contributed by atoms with van der Waals surface area (Å²) >= 11 is 0. The van der Waals surface area contributed by atoms with Crippen LogP contribution in [0.25, 0.3) is 0 Å². The van der Waals surface area contributed by atoms with E-state index in [0.29, 0.717) is 18.4 Å². The third kappa shape index (κ3) is 2.35. The van der Waals surface area contributed by atoms with Gasteiger partial charge in [-0.1, -0.05) is 0 Å². The number of fused-ring (bicyclic) bond motifs is 1. The number of hydrogen-bond acceptors (Lipinski definition) is 4. The molecule has 1 heterocycles. The molecular formula is C12H14N2O3. The Morgan fingerprint density at radius 3 is 2.94 bits per heavy atom. The second kappa shape index (κ2) is 4.65. The molecule has 1 aromatic rings. The van der Waals surface area contributed by atoms with Crippen LogP contribution in [0.5, 0.6) is 0 Å². The summed E-state index contributed by atoms with van der Waals surface area (Å²) in [4.78, 5) is 22.9. The van der Waals surface area contributed by atoms with E-state index in [1.807, 2.05) is 0 Å². The molecule has 5 nitrogen and oxygen atoms in total. The first-order chi connectivity index (χ1) is 8.11. The Morgan fingerprint density at radius 2 is 2.24 bits per heavy atom. The number of aliphatic hydroxyl groups excluding tert-OH is 1. The summed E-state index contributed by atoms with van der Waals surface area (Å²) in [5.74, 6) is -0.296. The molecule has 1 atom stereocenters. The van der Waals surface area contributed by atoms with Crippen molar-refractivity contribution in [2.45, 2.75) is 18.9 Å². The zero-order chi connectivity index (χ0) is 12.4. The Labute approximate surface area is 98.6 Å². The second-order valence-corrected chi connectivity index (χ2v) is 4.07. The van der Waals surface area contributed by atoms with Gasteiger partial charge in [-0.05, 0) is 30.2 Å². The highest BCUT2D eigenvalue weighted by molar-refractivity contribution is 6.01. The predicted molar refractivity (Wildman–Crippen MR) is 62.8 cm³/mol. The lowest BCUT2D eigenvalue weighted by molar-refractivity contribution is -0.116. The van der Waals surface area contributed by atoms with Gasteiger partial charge in [-0.2, -0.15) is 0 Å². The van der Waals surface area contributed by atoms with Crippen LogP contribution in [0.15, 0.2) is 18.2 Å². The number of nitrogens with two attached hydrogens (primary N) is 1. The van der Waals surface area contributed by atoms with Gasteiger partial charge in [0.05, 0.1) is 12.6 Å². The molecule has 1 unspecified atom stereocenters. The Hall–Kier alpha value is -1.72. The highest BCUT2D eigenvalue weighted by Gasteiger charge is 2.19. The first kappa shape index (κ1) is 11.8. The van der Waals surface area contributed by atoms with Gasteiger partial charge in [0.15, 0.2) is 5.78 Å². The number of carbonyl (C=O) groups is 2. The number of Topliss-reactive ketones (excluding diaryl/α,β-unsaturated/α-hetero) is 1. The molecule has 0 saturated heterocycles. The number of carbonyl (C=O) groups excluding carboxylic acids is 2. The monoisotopic (exact) mass is 234 g/mol. The van der Waals surface area contributed by atoms with Crippen LogP contribution in [0.2, 0.25) is 0 Å². The molecule has 0 saturated carbocycles. The van der Waals surface area contributed by atoms with E-state index in [-0.39, 0.29) is 18.3 Å². The molecule has 0 radical (unpaired) electrons. The van der Waals surface area contributed by atoms with Crippen LogP contribution in [0, 0.1) is 0 Å².